The Hall–Kier alpha value is -0.550. The monoisotopic (exact) mass is 296 g/mol. The van der Waals surface area contributed by atoms with Crippen LogP contribution in [0.25, 0.3) is 0 Å². The van der Waals surface area contributed by atoms with Gasteiger partial charge in [-0.3, -0.25) is 0 Å². The minimum absolute atomic E-state index is 0.464. The molecule has 1 nitrogen and oxygen atoms in total. The van der Waals surface area contributed by atoms with Crippen LogP contribution in [0.4, 0.5) is 0 Å². The normalized spacial score (nSPS) is 13.9. The van der Waals surface area contributed by atoms with Crippen LogP contribution in [0.15, 0.2) is 18.2 Å². The lowest BCUT2D eigenvalue weighted by Gasteiger charge is -2.16. The molecule has 1 unspecified atom stereocenters. The summed E-state index contributed by atoms with van der Waals surface area (Å²) < 4.78 is 6.10. The predicted octanol–water partition coefficient (Wildman–Crippen LogP) is 5.51. The van der Waals surface area contributed by atoms with Crippen molar-refractivity contribution in [1.82, 2.24) is 0 Å². The van der Waals surface area contributed by atoms with Crippen LogP contribution in [0.5, 0.6) is 5.75 Å². The van der Waals surface area contributed by atoms with E-state index in [0.717, 1.165) is 12.2 Å². The molecule has 1 atom stereocenters. The van der Waals surface area contributed by atoms with Crippen molar-refractivity contribution in [3.63, 3.8) is 0 Å². The number of hydrogen-bond acceptors (Lipinski definition) is 1. The van der Waals surface area contributed by atoms with Crippen molar-refractivity contribution in [2.75, 3.05) is 0 Å². The molecule has 1 aliphatic rings. The Kier molecular flexibility index (Phi) is 11.9. The SMILES string of the molecule is CC.CC.CCCc1cc(P)ccc1OC1CCCC1. The fourth-order valence-corrected chi connectivity index (χ4v) is 2.66. The second kappa shape index (κ2) is 12.2. The fourth-order valence-electron chi connectivity index (χ4n) is 2.36. The molecule has 1 saturated carbocycles. The first-order chi connectivity index (χ1) is 9.79. The van der Waals surface area contributed by atoms with Crippen molar-refractivity contribution >= 4 is 14.5 Å². The summed E-state index contributed by atoms with van der Waals surface area (Å²) >= 11 is 0. The first-order valence-electron chi connectivity index (χ1n) is 8.34. The van der Waals surface area contributed by atoms with Crippen LogP contribution in [-0.2, 0) is 6.42 Å². The van der Waals surface area contributed by atoms with Crippen LogP contribution in [0.2, 0.25) is 0 Å². The van der Waals surface area contributed by atoms with Crippen LogP contribution >= 0.6 is 9.24 Å². The zero-order valence-corrected chi connectivity index (χ0v) is 15.2. The van der Waals surface area contributed by atoms with Crippen molar-refractivity contribution in [3.05, 3.63) is 23.8 Å². The highest BCUT2D eigenvalue weighted by atomic mass is 31.0. The topological polar surface area (TPSA) is 9.23 Å². The predicted molar refractivity (Wildman–Crippen MR) is 95.4 cm³/mol. The van der Waals surface area contributed by atoms with E-state index >= 15 is 0 Å². The molecule has 0 saturated heterocycles. The summed E-state index contributed by atoms with van der Waals surface area (Å²) in [7, 11) is 2.76. The lowest BCUT2D eigenvalue weighted by molar-refractivity contribution is 0.208. The van der Waals surface area contributed by atoms with Crippen molar-refractivity contribution in [2.24, 2.45) is 0 Å². The molecule has 116 valence electrons. The smallest absolute Gasteiger partial charge is 0.122 e. The largest absolute Gasteiger partial charge is 0.490 e. The van der Waals surface area contributed by atoms with E-state index in [1.807, 2.05) is 27.7 Å². The number of aryl methyl sites for hydroxylation is 1. The summed E-state index contributed by atoms with van der Waals surface area (Å²) in [5.74, 6) is 1.11. The van der Waals surface area contributed by atoms with Gasteiger partial charge in [0, 0.05) is 0 Å². The van der Waals surface area contributed by atoms with Gasteiger partial charge in [-0.1, -0.05) is 47.1 Å². The molecule has 0 amide bonds. The van der Waals surface area contributed by atoms with Gasteiger partial charge in [-0.15, -0.1) is 9.24 Å². The average Bonchev–Trinajstić information content (AvgIpc) is 3.00. The minimum atomic E-state index is 0.464. The van der Waals surface area contributed by atoms with Gasteiger partial charge in [0.2, 0.25) is 0 Å². The van der Waals surface area contributed by atoms with E-state index in [-0.39, 0.29) is 0 Å². The maximum atomic E-state index is 6.10. The summed E-state index contributed by atoms with van der Waals surface area (Å²) in [6.07, 6.45) is 7.87. The van der Waals surface area contributed by atoms with Crippen LogP contribution in [0, 0.1) is 0 Å². The molecule has 0 aromatic heterocycles. The molecule has 1 aromatic carbocycles. The molecule has 2 heteroatoms. The molecule has 0 bridgehead atoms. The maximum Gasteiger partial charge on any atom is 0.122 e. The van der Waals surface area contributed by atoms with E-state index in [4.69, 9.17) is 4.74 Å². The second-order valence-corrected chi connectivity index (χ2v) is 5.31. The molecule has 0 spiro atoms. The van der Waals surface area contributed by atoms with E-state index in [0.29, 0.717) is 6.10 Å². The standard InChI is InChI=1S/C14H21OP.2C2H6/c1-2-5-11-10-13(16)8-9-14(11)15-12-6-3-4-7-12;2*1-2/h8-10,12H,2-7,16H2,1H3;2*1-2H3. The third-order valence-electron chi connectivity index (χ3n) is 3.20. The molecular formula is C18H33OP. The Labute approximate surface area is 128 Å². The first kappa shape index (κ1) is 19.4. The summed E-state index contributed by atoms with van der Waals surface area (Å²) in [6, 6.07) is 6.48. The molecule has 2 rings (SSSR count). The van der Waals surface area contributed by atoms with Gasteiger partial charge in [0.05, 0.1) is 6.10 Å². The van der Waals surface area contributed by atoms with Crippen LogP contribution in [-0.4, -0.2) is 6.10 Å². The first-order valence-corrected chi connectivity index (χ1v) is 8.92. The second-order valence-electron chi connectivity index (χ2n) is 4.64. The lowest BCUT2D eigenvalue weighted by Crippen LogP contribution is -2.13. The van der Waals surface area contributed by atoms with Gasteiger partial charge in [0.1, 0.15) is 5.75 Å². The van der Waals surface area contributed by atoms with Crippen molar-refractivity contribution < 1.29 is 4.74 Å². The highest BCUT2D eigenvalue weighted by Gasteiger charge is 2.17. The Bertz CT molecular complexity index is 343. The summed E-state index contributed by atoms with van der Waals surface area (Å²) in [5, 5.41) is 1.25. The summed E-state index contributed by atoms with van der Waals surface area (Å²) in [6.45, 7) is 10.2. The molecule has 1 fully saturated rings. The summed E-state index contributed by atoms with van der Waals surface area (Å²) in [4.78, 5) is 0. The van der Waals surface area contributed by atoms with E-state index in [1.165, 1.54) is 43.0 Å². The van der Waals surface area contributed by atoms with E-state index < -0.39 is 0 Å². The molecule has 1 aliphatic carbocycles. The molecular weight excluding hydrogens is 263 g/mol. The Balaban J connectivity index is 0.000000829. The number of ether oxygens (including phenoxy) is 1. The summed E-state index contributed by atoms with van der Waals surface area (Å²) in [5.41, 5.74) is 1.36. The van der Waals surface area contributed by atoms with Crippen molar-refractivity contribution in [1.29, 1.82) is 0 Å². The molecule has 0 aliphatic heterocycles. The number of rotatable bonds is 4. The van der Waals surface area contributed by atoms with Gasteiger partial charge in [0.15, 0.2) is 0 Å². The molecule has 20 heavy (non-hydrogen) atoms. The van der Waals surface area contributed by atoms with Gasteiger partial charge in [-0.25, -0.2) is 0 Å². The van der Waals surface area contributed by atoms with Crippen molar-refractivity contribution in [2.45, 2.75) is 79.2 Å². The zero-order chi connectivity index (χ0) is 15.4. The molecule has 0 heterocycles. The van der Waals surface area contributed by atoms with Crippen molar-refractivity contribution in [3.8, 4) is 5.75 Å². The van der Waals surface area contributed by atoms with E-state index in [1.54, 1.807) is 0 Å². The van der Waals surface area contributed by atoms with Crippen LogP contribution in [0.3, 0.4) is 0 Å². The van der Waals surface area contributed by atoms with Gasteiger partial charge in [0.25, 0.3) is 0 Å². The average molecular weight is 296 g/mol. The van der Waals surface area contributed by atoms with Gasteiger partial charge in [-0.05, 0) is 55.1 Å². The van der Waals surface area contributed by atoms with Gasteiger partial charge in [-0.2, -0.15) is 0 Å². The zero-order valence-electron chi connectivity index (χ0n) is 14.0. The highest BCUT2D eigenvalue weighted by Crippen LogP contribution is 2.27. The Morgan fingerprint density at radius 1 is 1.10 bits per heavy atom. The van der Waals surface area contributed by atoms with E-state index in [9.17, 15) is 0 Å². The molecule has 0 N–H and O–H groups in total. The fraction of sp³-hybridized carbons (Fsp3) is 0.667. The van der Waals surface area contributed by atoms with Gasteiger partial charge < -0.3 is 4.74 Å². The van der Waals surface area contributed by atoms with Gasteiger partial charge >= 0.3 is 0 Å². The minimum Gasteiger partial charge on any atom is -0.490 e. The Morgan fingerprint density at radius 2 is 1.70 bits per heavy atom. The highest BCUT2D eigenvalue weighted by molar-refractivity contribution is 7.27. The molecule has 1 aromatic rings. The van der Waals surface area contributed by atoms with E-state index in [2.05, 4.69) is 34.4 Å². The van der Waals surface area contributed by atoms with Crippen LogP contribution in [0.1, 0.15) is 72.3 Å². The number of benzene rings is 1. The number of hydrogen-bond donors (Lipinski definition) is 0. The maximum absolute atomic E-state index is 6.10. The lowest BCUT2D eigenvalue weighted by atomic mass is 10.1. The Morgan fingerprint density at radius 3 is 2.25 bits per heavy atom. The molecule has 0 radical (unpaired) electrons. The third kappa shape index (κ3) is 6.75. The third-order valence-corrected chi connectivity index (χ3v) is 3.56. The quantitative estimate of drug-likeness (QED) is 0.665. The van der Waals surface area contributed by atoms with Crippen LogP contribution < -0.4 is 10.0 Å².